The quantitative estimate of drug-likeness (QED) is 0.775. The third kappa shape index (κ3) is 5.89. The van der Waals surface area contributed by atoms with E-state index in [1.807, 2.05) is 6.07 Å². The highest BCUT2D eigenvalue weighted by Crippen LogP contribution is 2.28. The second-order valence-corrected chi connectivity index (χ2v) is 4.93. The van der Waals surface area contributed by atoms with Crippen LogP contribution in [0.25, 0.3) is 0 Å². The van der Waals surface area contributed by atoms with Gasteiger partial charge in [-0.2, -0.15) is 13.2 Å². The summed E-state index contributed by atoms with van der Waals surface area (Å²) in [5.74, 6) is -2.56. The number of rotatable bonds is 1. The molecule has 118 valence electrons. The van der Waals surface area contributed by atoms with E-state index in [2.05, 4.69) is 5.32 Å². The number of benzene rings is 1. The van der Waals surface area contributed by atoms with Gasteiger partial charge >= 0.3 is 12.1 Å². The highest BCUT2D eigenvalue weighted by atomic mass is 35.5. The second kappa shape index (κ2) is 7.61. The Bertz CT molecular complexity index is 488. The van der Waals surface area contributed by atoms with Crippen molar-refractivity contribution in [2.45, 2.75) is 24.9 Å². The van der Waals surface area contributed by atoms with Gasteiger partial charge in [-0.05, 0) is 49.5 Å². The van der Waals surface area contributed by atoms with E-state index in [0.29, 0.717) is 10.9 Å². The SMILES string of the molecule is Fc1cc(Cl)ccc1C1CCNCC1.O=C(O)C(F)(F)F. The molecule has 21 heavy (non-hydrogen) atoms. The highest BCUT2D eigenvalue weighted by Gasteiger charge is 2.38. The molecule has 1 aliphatic rings. The zero-order valence-electron chi connectivity index (χ0n) is 10.9. The summed E-state index contributed by atoms with van der Waals surface area (Å²) in [7, 11) is 0. The maximum Gasteiger partial charge on any atom is 0.490 e. The average Bonchev–Trinajstić information content (AvgIpc) is 2.39. The second-order valence-electron chi connectivity index (χ2n) is 4.49. The van der Waals surface area contributed by atoms with Crippen molar-refractivity contribution in [3.05, 3.63) is 34.6 Å². The number of nitrogens with one attached hydrogen (secondary N) is 1. The molecular weight excluding hydrogens is 314 g/mol. The predicted molar refractivity (Wildman–Crippen MR) is 69.9 cm³/mol. The van der Waals surface area contributed by atoms with Crippen LogP contribution in [-0.4, -0.2) is 30.3 Å². The maximum atomic E-state index is 13.5. The van der Waals surface area contributed by atoms with Gasteiger partial charge < -0.3 is 10.4 Å². The van der Waals surface area contributed by atoms with E-state index in [1.54, 1.807) is 6.07 Å². The number of aliphatic carboxylic acids is 1. The normalized spacial score (nSPS) is 16.0. The summed E-state index contributed by atoms with van der Waals surface area (Å²) in [4.78, 5) is 8.90. The van der Waals surface area contributed by atoms with Gasteiger partial charge in [0.2, 0.25) is 0 Å². The molecule has 1 heterocycles. The molecule has 3 nitrogen and oxygen atoms in total. The van der Waals surface area contributed by atoms with Gasteiger partial charge in [0, 0.05) is 5.02 Å². The van der Waals surface area contributed by atoms with Gasteiger partial charge in [0.15, 0.2) is 0 Å². The van der Waals surface area contributed by atoms with Crippen LogP contribution in [-0.2, 0) is 4.79 Å². The fourth-order valence-corrected chi connectivity index (χ4v) is 2.12. The molecule has 1 aromatic rings. The molecule has 0 aromatic heterocycles. The molecule has 1 fully saturated rings. The van der Waals surface area contributed by atoms with Crippen LogP contribution in [0.3, 0.4) is 0 Å². The van der Waals surface area contributed by atoms with Crippen molar-refractivity contribution in [2.75, 3.05) is 13.1 Å². The van der Waals surface area contributed by atoms with Gasteiger partial charge in [0.05, 0.1) is 0 Å². The van der Waals surface area contributed by atoms with Crippen LogP contribution >= 0.6 is 11.6 Å². The minimum Gasteiger partial charge on any atom is -0.475 e. The molecule has 0 unspecified atom stereocenters. The zero-order valence-corrected chi connectivity index (χ0v) is 11.6. The van der Waals surface area contributed by atoms with Crippen LogP contribution in [0.15, 0.2) is 18.2 Å². The van der Waals surface area contributed by atoms with Crippen molar-refractivity contribution in [3.8, 4) is 0 Å². The van der Waals surface area contributed by atoms with Crippen LogP contribution in [0.2, 0.25) is 5.02 Å². The summed E-state index contributed by atoms with van der Waals surface area (Å²) >= 11 is 5.70. The molecule has 1 saturated heterocycles. The Morgan fingerprint density at radius 1 is 1.29 bits per heavy atom. The molecule has 0 atom stereocenters. The molecule has 0 saturated carbocycles. The Balaban J connectivity index is 0.000000270. The summed E-state index contributed by atoms with van der Waals surface area (Å²) in [6.07, 6.45) is -3.06. The summed E-state index contributed by atoms with van der Waals surface area (Å²) < 4.78 is 45.3. The van der Waals surface area contributed by atoms with Crippen LogP contribution in [0.5, 0.6) is 0 Å². The first kappa shape index (κ1) is 17.7. The van der Waals surface area contributed by atoms with E-state index < -0.39 is 12.1 Å². The molecular formula is C13H14ClF4NO2. The van der Waals surface area contributed by atoms with E-state index >= 15 is 0 Å². The van der Waals surface area contributed by atoms with Gasteiger partial charge in [0.25, 0.3) is 0 Å². The third-order valence-corrected chi connectivity index (χ3v) is 3.22. The van der Waals surface area contributed by atoms with Crippen molar-refractivity contribution in [1.29, 1.82) is 0 Å². The van der Waals surface area contributed by atoms with Gasteiger partial charge in [-0.3, -0.25) is 0 Å². The van der Waals surface area contributed by atoms with Crippen molar-refractivity contribution in [1.82, 2.24) is 5.32 Å². The lowest BCUT2D eigenvalue weighted by atomic mass is 9.90. The van der Waals surface area contributed by atoms with E-state index in [-0.39, 0.29) is 5.82 Å². The van der Waals surface area contributed by atoms with Crippen LogP contribution in [0.4, 0.5) is 17.6 Å². The number of carboxylic acid groups (broad SMARTS) is 1. The van der Waals surface area contributed by atoms with E-state index in [1.165, 1.54) is 6.07 Å². The van der Waals surface area contributed by atoms with E-state index in [9.17, 15) is 17.6 Å². The van der Waals surface area contributed by atoms with Crippen LogP contribution in [0.1, 0.15) is 24.3 Å². The largest absolute Gasteiger partial charge is 0.490 e. The summed E-state index contributed by atoms with van der Waals surface area (Å²) in [5.41, 5.74) is 0.816. The lowest BCUT2D eigenvalue weighted by Crippen LogP contribution is -2.27. The lowest BCUT2D eigenvalue weighted by Gasteiger charge is -2.23. The number of alkyl halides is 3. The predicted octanol–water partition coefficient (Wildman–Crippen LogP) is 3.58. The molecule has 2 N–H and O–H groups in total. The molecule has 0 aliphatic carbocycles. The first-order chi connectivity index (χ1) is 9.71. The van der Waals surface area contributed by atoms with E-state index in [4.69, 9.17) is 21.5 Å². The van der Waals surface area contributed by atoms with Crippen molar-refractivity contribution in [2.24, 2.45) is 0 Å². The Hall–Kier alpha value is -1.34. The first-order valence-electron chi connectivity index (χ1n) is 6.17. The monoisotopic (exact) mass is 327 g/mol. The topological polar surface area (TPSA) is 49.3 Å². The first-order valence-corrected chi connectivity index (χ1v) is 6.55. The highest BCUT2D eigenvalue weighted by molar-refractivity contribution is 6.30. The molecule has 0 radical (unpaired) electrons. The van der Waals surface area contributed by atoms with Gasteiger partial charge in [-0.25, -0.2) is 9.18 Å². The smallest absolute Gasteiger partial charge is 0.475 e. The van der Waals surface area contributed by atoms with Crippen molar-refractivity contribution < 1.29 is 27.5 Å². The Labute approximate surface area is 123 Å². The fourth-order valence-electron chi connectivity index (χ4n) is 1.97. The minimum atomic E-state index is -5.08. The number of hydrogen-bond donors (Lipinski definition) is 2. The number of carboxylic acids is 1. The summed E-state index contributed by atoms with van der Waals surface area (Å²) in [5, 5.41) is 10.9. The number of hydrogen-bond acceptors (Lipinski definition) is 2. The summed E-state index contributed by atoms with van der Waals surface area (Å²) in [6.45, 7) is 1.96. The summed E-state index contributed by atoms with van der Waals surface area (Å²) in [6, 6.07) is 4.98. The minimum absolute atomic E-state index is 0.163. The molecule has 2 rings (SSSR count). The molecule has 0 spiro atoms. The van der Waals surface area contributed by atoms with E-state index in [0.717, 1.165) is 31.5 Å². The number of carbonyl (C=O) groups is 1. The molecule has 8 heteroatoms. The Morgan fingerprint density at radius 2 is 1.81 bits per heavy atom. The average molecular weight is 328 g/mol. The Morgan fingerprint density at radius 3 is 2.24 bits per heavy atom. The third-order valence-electron chi connectivity index (χ3n) is 2.98. The Kier molecular flexibility index (Phi) is 6.42. The van der Waals surface area contributed by atoms with Crippen LogP contribution < -0.4 is 5.32 Å². The van der Waals surface area contributed by atoms with Crippen LogP contribution in [0, 0.1) is 5.82 Å². The molecule has 0 amide bonds. The van der Waals surface area contributed by atoms with Crippen molar-refractivity contribution in [3.63, 3.8) is 0 Å². The molecule has 0 bridgehead atoms. The fraction of sp³-hybridized carbons (Fsp3) is 0.462. The van der Waals surface area contributed by atoms with Gasteiger partial charge in [-0.1, -0.05) is 17.7 Å². The maximum absolute atomic E-state index is 13.5. The van der Waals surface area contributed by atoms with Gasteiger partial charge in [-0.15, -0.1) is 0 Å². The van der Waals surface area contributed by atoms with Crippen molar-refractivity contribution >= 4 is 17.6 Å². The molecule has 1 aromatic carbocycles. The molecule has 1 aliphatic heterocycles. The number of piperidine rings is 1. The zero-order chi connectivity index (χ0) is 16.0. The van der Waals surface area contributed by atoms with Gasteiger partial charge in [0.1, 0.15) is 5.82 Å². The standard InChI is InChI=1S/C11H13ClFN.C2HF3O2/c12-9-1-2-10(11(13)7-9)8-3-5-14-6-4-8;3-2(4,5)1(6)7/h1-2,7-8,14H,3-6H2;(H,6,7). The lowest BCUT2D eigenvalue weighted by molar-refractivity contribution is -0.192. The number of halogens is 5.